The van der Waals surface area contributed by atoms with Crippen molar-refractivity contribution in [2.24, 2.45) is 0 Å². The molecule has 0 aliphatic carbocycles. The van der Waals surface area contributed by atoms with Crippen LogP contribution in [-0.4, -0.2) is 12.5 Å². The molecule has 0 aliphatic heterocycles. The Bertz CT molecular complexity index is 348. The zero-order valence-electron chi connectivity index (χ0n) is 12.9. The fraction of sp³-hybridized carbons (Fsp3) is 0.611. The normalized spacial score (nSPS) is 10.4. The maximum absolute atomic E-state index is 11.7. The molecule has 0 saturated carbocycles. The molecule has 0 atom stereocenters. The Hall–Kier alpha value is -1.31. The van der Waals surface area contributed by atoms with Crippen molar-refractivity contribution in [2.75, 3.05) is 6.54 Å². The van der Waals surface area contributed by atoms with Crippen LogP contribution >= 0.6 is 0 Å². The van der Waals surface area contributed by atoms with Crippen LogP contribution in [0, 0.1) is 0 Å². The van der Waals surface area contributed by atoms with Gasteiger partial charge >= 0.3 is 0 Å². The quantitative estimate of drug-likeness (QED) is 0.592. The van der Waals surface area contributed by atoms with E-state index in [0.717, 1.165) is 19.4 Å². The fourth-order valence-corrected chi connectivity index (χ4v) is 2.32. The molecule has 1 rings (SSSR count). The maximum Gasteiger partial charge on any atom is 0.220 e. The van der Waals surface area contributed by atoms with Crippen LogP contribution in [-0.2, 0) is 11.2 Å². The monoisotopic (exact) mass is 275 g/mol. The number of carbonyl (C=O) groups excluding carboxylic acids is 1. The average molecular weight is 275 g/mol. The molecule has 0 aliphatic rings. The second kappa shape index (κ2) is 11.5. The van der Waals surface area contributed by atoms with Gasteiger partial charge in [0.25, 0.3) is 0 Å². The second-order valence-electron chi connectivity index (χ2n) is 5.46. The molecule has 1 aromatic rings. The van der Waals surface area contributed by atoms with Gasteiger partial charge in [-0.05, 0) is 18.4 Å². The SMILES string of the molecule is CCCCCCCCCC(=O)NCCc1ccccc1. The number of amides is 1. The van der Waals surface area contributed by atoms with Crippen LogP contribution in [0.4, 0.5) is 0 Å². The molecule has 2 nitrogen and oxygen atoms in total. The van der Waals surface area contributed by atoms with E-state index >= 15 is 0 Å². The molecule has 0 heterocycles. The first-order chi connectivity index (χ1) is 9.83. The highest BCUT2D eigenvalue weighted by Crippen LogP contribution is 2.08. The zero-order valence-corrected chi connectivity index (χ0v) is 12.9. The van der Waals surface area contributed by atoms with Gasteiger partial charge < -0.3 is 5.32 Å². The summed E-state index contributed by atoms with van der Waals surface area (Å²) in [7, 11) is 0. The number of carbonyl (C=O) groups is 1. The first kappa shape index (κ1) is 16.7. The molecule has 2 heteroatoms. The van der Waals surface area contributed by atoms with E-state index in [2.05, 4.69) is 24.4 Å². The predicted octanol–water partition coefficient (Wildman–Crippen LogP) is 4.49. The Kier molecular flexibility index (Phi) is 9.64. The molecule has 0 unspecified atom stereocenters. The van der Waals surface area contributed by atoms with E-state index < -0.39 is 0 Å². The minimum Gasteiger partial charge on any atom is -0.356 e. The molecule has 0 bridgehead atoms. The highest BCUT2D eigenvalue weighted by Gasteiger charge is 2.00. The molecule has 0 spiro atoms. The molecule has 112 valence electrons. The lowest BCUT2D eigenvalue weighted by atomic mass is 10.1. The Morgan fingerprint density at radius 2 is 1.60 bits per heavy atom. The van der Waals surface area contributed by atoms with Crippen LogP contribution in [0.2, 0.25) is 0 Å². The smallest absolute Gasteiger partial charge is 0.220 e. The lowest BCUT2D eigenvalue weighted by Gasteiger charge is -2.05. The highest BCUT2D eigenvalue weighted by molar-refractivity contribution is 5.75. The van der Waals surface area contributed by atoms with Crippen LogP contribution in [0.25, 0.3) is 0 Å². The molecular weight excluding hydrogens is 246 g/mol. The van der Waals surface area contributed by atoms with Crippen molar-refractivity contribution in [3.05, 3.63) is 35.9 Å². The molecule has 1 N–H and O–H groups in total. The van der Waals surface area contributed by atoms with E-state index in [0.29, 0.717) is 6.42 Å². The van der Waals surface area contributed by atoms with Crippen LogP contribution in [0.1, 0.15) is 63.9 Å². The number of nitrogens with one attached hydrogen (secondary N) is 1. The topological polar surface area (TPSA) is 29.1 Å². The van der Waals surface area contributed by atoms with Gasteiger partial charge in [0.05, 0.1) is 0 Å². The number of rotatable bonds is 11. The van der Waals surface area contributed by atoms with Crippen molar-refractivity contribution in [3.8, 4) is 0 Å². The third-order valence-corrected chi connectivity index (χ3v) is 3.59. The van der Waals surface area contributed by atoms with Gasteiger partial charge in [-0.2, -0.15) is 0 Å². The van der Waals surface area contributed by atoms with Crippen LogP contribution in [0.15, 0.2) is 30.3 Å². The number of hydrogen-bond acceptors (Lipinski definition) is 1. The van der Waals surface area contributed by atoms with E-state index in [-0.39, 0.29) is 5.91 Å². The average Bonchev–Trinajstić information content (AvgIpc) is 2.47. The van der Waals surface area contributed by atoms with Crippen LogP contribution < -0.4 is 5.32 Å². The standard InChI is InChI=1S/C18H29NO/c1-2-3-4-5-6-7-11-14-18(20)19-16-15-17-12-9-8-10-13-17/h8-10,12-13H,2-7,11,14-16H2,1H3,(H,19,20). The predicted molar refractivity (Wildman–Crippen MR) is 85.8 cm³/mol. The van der Waals surface area contributed by atoms with Crippen molar-refractivity contribution in [3.63, 3.8) is 0 Å². The van der Waals surface area contributed by atoms with Gasteiger partial charge in [0.1, 0.15) is 0 Å². The molecule has 0 radical (unpaired) electrons. The molecule has 1 amide bonds. The summed E-state index contributed by atoms with van der Waals surface area (Å²) < 4.78 is 0. The Morgan fingerprint density at radius 3 is 2.30 bits per heavy atom. The van der Waals surface area contributed by atoms with Crippen molar-refractivity contribution in [2.45, 2.75) is 64.7 Å². The lowest BCUT2D eigenvalue weighted by molar-refractivity contribution is -0.121. The summed E-state index contributed by atoms with van der Waals surface area (Å²) in [6, 6.07) is 10.3. The van der Waals surface area contributed by atoms with Crippen molar-refractivity contribution < 1.29 is 4.79 Å². The second-order valence-corrected chi connectivity index (χ2v) is 5.46. The largest absolute Gasteiger partial charge is 0.356 e. The summed E-state index contributed by atoms with van der Waals surface area (Å²) in [5.74, 6) is 0.203. The van der Waals surface area contributed by atoms with Gasteiger partial charge in [-0.1, -0.05) is 75.8 Å². The molecule has 0 aromatic heterocycles. The van der Waals surface area contributed by atoms with Crippen molar-refractivity contribution in [1.29, 1.82) is 0 Å². The Balaban J connectivity index is 1.93. The molecule has 0 saturated heterocycles. The zero-order chi connectivity index (χ0) is 14.5. The molecular formula is C18H29NO. The first-order valence-electron chi connectivity index (χ1n) is 8.13. The lowest BCUT2D eigenvalue weighted by Crippen LogP contribution is -2.25. The van der Waals surface area contributed by atoms with Crippen molar-refractivity contribution in [1.82, 2.24) is 5.32 Å². The minimum absolute atomic E-state index is 0.203. The summed E-state index contributed by atoms with van der Waals surface area (Å²) in [4.78, 5) is 11.7. The van der Waals surface area contributed by atoms with E-state index in [4.69, 9.17) is 0 Å². The van der Waals surface area contributed by atoms with Crippen LogP contribution in [0.5, 0.6) is 0 Å². The van der Waals surface area contributed by atoms with Crippen LogP contribution in [0.3, 0.4) is 0 Å². The summed E-state index contributed by atoms with van der Waals surface area (Å²) in [5, 5.41) is 3.00. The van der Waals surface area contributed by atoms with E-state index in [1.165, 1.54) is 44.1 Å². The maximum atomic E-state index is 11.7. The number of hydrogen-bond donors (Lipinski definition) is 1. The van der Waals surface area contributed by atoms with E-state index in [9.17, 15) is 4.79 Å². The van der Waals surface area contributed by atoms with Gasteiger partial charge in [-0.3, -0.25) is 4.79 Å². The van der Waals surface area contributed by atoms with Gasteiger partial charge in [0.2, 0.25) is 5.91 Å². The summed E-state index contributed by atoms with van der Waals surface area (Å²) >= 11 is 0. The number of unbranched alkanes of at least 4 members (excludes halogenated alkanes) is 6. The minimum atomic E-state index is 0.203. The van der Waals surface area contributed by atoms with E-state index in [1.54, 1.807) is 0 Å². The Morgan fingerprint density at radius 1 is 0.950 bits per heavy atom. The van der Waals surface area contributed by atoms with Gasteiger partial charge in [-0.25, -0.2) is 0 Å². The van der Waals surface area contributed by atoms with Gasteiger partial charge in [-0.15, -0.1) is 0 Å². The van der Waals surface area contributed by atoms with Gasteiger partial charge in [0.15, 0.2) is 0 Å². The van der Waals surface area contributed by atoms with Gasteiger partial charge in [0, 0.05) is 13.0 Å². The fourth-order valence-electron chi connectivity index (χ4n) is 2.32. The molecule has 20 heavy (non-hydrogen) atoms. The molecule has 1 aromatic carbocycles. The Labute approximate surface area is 124 Å². The first-order valence-corrected chi connectivity index (χ1v) is 8.13. The third-order valence-electron chi connectivity index (χ3n) is 3.59. The summed E-state index contributed by atoms with van der Waals surface area (Å²) in [6.07, 6.45) is 10.4. The summed E-state index contributed by atoms with van der Waals surface area (Å²) in [6.45, 7) is 2.99. The molecule has 0 fully saturated rings. The summed E-state index contributed by atoms with van der Waals surface area (Å²) in [5.41, 5.74) is 1.28. The van der Waals surface area contributed by atoms with Crippen molar-refractivity contribution >= 4 is 5.91 Å². The number of benzene rings is 1. The van der Waals surface area contributed by atoms with E-state index in [1.807, 2.05) is 18.2 Å². The highest BCUT2D eigenvalue weighted by atomic mass is 16.1. The third kappa shape index (κ3) is 8.73.